The first-order valence-corrected chi connectivity index (χ1v) is 21.7. The molecule has 0 aliphatic heterocycles. The fraction of sp³-hybridized carbons (Fsp3) is 0. The summed E-state index contributed by atoms with van der Waals surface area (Å²) in [5.41, 5.74) is 0. The molecule has 34 valence electrons. The van der Waals surface area contributed by atoms with Gasteiger partial charge in [0.15, 0.2) is 0 Å². The summed E-state index contributed by atoms with van der Waals surface area (Å²) >= 11 is 0. The summed E-state index contributed by atoms with van der Waals surface area (Å²) in [4.78, 5) is 0. The molecule has 0 nitrogen and oxygen atoms in total. The van der Waals surface area contributed by atoms with Crippen LogP contribution in [0, 0.1) is 0 Å². The molecule has 0 radical (unpaired) electrons. The van der Waals surface area contributed by atoms with Gasteiger partial charge in [-0.3, -0.25) is 0 Å². The largest absolute Gasteiger partial charge is 0.0125 e. The first-order valence-electron chi connectivity index (χ1n) is 2.41. The molecule has 0 heterocycles. The predicted molar refractivity (Wildman–Crippen MR) is 48.3 cm³/mol. The van der Waals surface area contributed by atoms with Crippen molar-refractivity contribution < 1.29 is 0 Å². The molecule has 0 rings (SSSR count). The molecule has 0 saturated carbocycles. The van der Waals surface area contributed by atoms with Crippen LogP contribution < -0.4 is 0 Å². The van der Waals surface area contributed by atoms with Crippen LogP contribution in [0.1, 0.15) is 0 Å². The fourth-order valence-corrected chi connectivity index (χ4v) is 0. The van der Waals surface area contributed by atoms with Crippen LogP contribution in [0.5, 0.6) is 0 Å². The van der Waals surface area contributed by atoms with Crippen molar-refractivity contribution in [2.24, 2.45) is 0 Å². The summed E-state index contributed by atoms with van der Waals surface area (Å²) in [6.07, 6.45) is 0. The average Bonchev–Trinajstić information content (AvgIpc) is 1.46. The summed E-state index contributed by atoms with van der Waals surface area (Å²) < 4.78 is 0. The molecule has 0 fully saturated rings. The molecule has 0 unspecified atom stereocenters. The minimum atomic E-state index is 0.694. The molecule has 0 aromatic rings. The highest BCUT2D eigenvalue weighted by molar-refractivity contribution is 7.17. The lowest BCUT2D eigenvalue weighted by Gasteiger charge is -1.42. The normalized spacial score (nSPS) is 9.60. The number of rotatable bonds is 0. The Kier molecular flexibility index (Phi) is 36.8. The molecule has 0 aliphatic carbocycles. The molecule has 5 heteroatoms. The molecule has 0 saturated heterocycles. The van der Waals surface area contributed by atoms with Gasteiger partial charge < -0.3 is 0 Å². The van der Waals surface area contributed by atoms with Gasteiger partial charge in [0.2, 0.25) is 0 Å². The summed E-state index contributed by atoms with van der Waals surface area (Å²) in [6.45, 7) is 0. The first-order chi connectivity index (χ1) is 2.41. The molecule has 0 bridgehead atoms. The van der Waals surface area contributed by atoms with Crippen LogP contribution in [0.2, 0.25) is 0 Å². The van der Waals surface area contributed by atoms with E-state index in [0.29, 0.717) is 8.55 Å². The predicted octanol–water partition coefficient (Wildman–Crippen LogP) is -5.65. The van der Waals surface area contributed by atoms with Gasteiger partial charge in [0.05, 0.1) is 0 Å². The van der Waals surface area contributed by atoms with Crippen molar-refractivity contribution in [3.05, 3.63) is 0 Å². The first kappa shape index (κ1) is 9.43. The van der Waals surface area contributed by atoms with Crippen LogP contribution in [-0.4, -0.2) is 47.6 Å². The summed E-state index contributed by atoms with van der Waals surface area (Å²) in [6, 6.07) is 0. The molecule has 5 heavy (non-hydrogen) atoms. The highest BCUT2D eigenvalue weighted by Crippen LogP contribution is 1.03. The van der Waals surface area contributed by atoms with E-state index in [0.717, 1.165) is 0 Å². The summed E-state index contributed by atoms with van der Waals surface area (Å²) in [7, 11) is 6.72. The average molecular weight is 155 g/mol. The lowest BCUT2D eigenvalue weighted by Crippen LogP contribution is -1.79. The second-order valence-corrected chi connectivity index (χ2v) is 19.1. The fourth-order valence-electron chi connectivity index (χ4n) is 0. The minimum absolute atomic E-state index is 0.694. The van der Waals surface area contributed by atoms with Crippen LogP contribution in [0.25, 0.3) is 0 Å². The second kappa shape index (κ2) is 19.5. The second-order valence-electron chi connectivity index (χ2n) is 0.707. The van der Waals surface area contributed by atoms with E-state index in [1.807, 2.05) is 0 Å². The van der Waals surface area contributed by atoms with E-state index >= 15 is 0 Å². The third-order valence-electron chi connectivity index (χ3n) is 0. The molecular weight excluding hydrogens is 140 g/mol. The highest BCUT2D eigenvalue weighted by atomic mass is 29.5. The van der Waals surface area contributed by atoms with Crippen LogP contribution in [0.4, 0.5) is 0 Å². The van der Waals surface area contributed by atoms with Gasteiger partial charge in [0.25, 0.3) is 0 Å². The maximum Gasteiger partial charge on any atom is -0.0104 e. The third-order valence-corrected chi connectivity index (χ3v) is 0. The van der Waals surface area contributed by atoms with Crippen molar-refractivity contribution in [3.8, 4) is 0 Å². The SMILES string of the molecule is [SiH3][SiH2][SiH3].[SiH3][SiH3]. The van der Waals surface area contributed by atoms with Gasteiger partial charge in [-0.25, -0.2) is 0 Å². The van der Waals surface area contributed by atoms with Gasteiger partial charge >= 0.3 is 0 Å². The van der Waals surface area contributed by atoms with Crippen LogP contribution >= 0.6 is 0 Å². The van der Waals surface area contributed by atoms with Gasteiger partial charge in [-0.15, -0.1) is 0 Å². The minimum Gasteiger partial charge on any atom is -0.0125 e. The van der Waals surface area contributed by atoms with Gasteiger partial charge in [0.1, 0.15) is 0 Å². The summed E-state index contributed by atoms with van der Waals surface area (Å²) in [5, 5.41) is 0. The van der Waals surface area contributed by atoms with E-state index in [4.69, 9.17) is 0 Å². The molecule has 0 spiro atoms. The lowest BCUT2D eigenvalue weighted by atomic mass is 26.7. The van der Waals surface area contributed by atoms with Gasteiger partial charge in [-0.2, -0.15) is 0 Å². The zero-order valence-electron chi connectivity index (χ0n) is 4.71. The molecule has 0 aromatic carbocycles. The smallest absolute Gasteiger partial charge is 0.0104 e. The van der Waals surface area contributed by atoms with E-state index in [9.17, 15) is 0 Å². The Balaban J connectivity index is 0. The van der Waals surface area contributed by atoms with Crippen LogP contribution in [0.15, 0.2) is 0 Å². The van der Waals surface area contributed by atoms with Crippen LogP contribution in [0.3, 0.4) is 0 Å². The zero-order valence-corrected chi connectivity index (χ0v) is 14.1. The zero-order chi connectivity index (χ0) is 4.71. The van der Waals surface area contributed by atoms with Crippen molar-refractivity contribution in [1.29, 1.82) is 0 Å². The highest BCUT2D eigenvalue weighted by Gasteiger charge is 1.40. The van der Waals surface area contributed by atoms with E-state index in [1.165, 1.54) is 19.5 Å². The number of hydrogen-bond donors (Lipinski definition) is 0. The Labute approximate surface area is 48.0 Å². The lowest BCUT2D eigenvalue weighted by molar-refractivity contribution is 4.34. The molecule has 0 atom stereocenters. The monoisotopic (exact) mass is 154 g/mol. The van der Waals surface area contributed by atoms with E-state index in [1.54, 1.807) is 19.5 Å². The Bertz CT molecular complexity index is 0. The number of hydrogen-bond acceptors (Lipinski definition) is 0. The topological polar surface area (TPSA) is 0 Å². The van der Waals surface area contributed by atoms with E-state index < -0.39 is 0 Å². The molecular formula is H14Si5. The Morgan fingerprint density at radius 2 is 1.00 bits per heavy atom. The molecule has 0 aromatic heterocycles. The Morgan fingerprint density at radius 1 is 1.00 bits per heavy atom. The quantitative estimate of drug-likeness (QED) is 0.305. The summed E-state index contributed by atoms with van der Waals surface area (Å²) in [5.74, 6) is 0. The van der Waals surface area contributed by atoms with Gasteiger partial charge in [-0.05, 0) is 47.6 Å². The van der Waals surface area contributed by atoms with Crippen molar-refractivity contribution in [1.82, 2.24) is 0 Å². The van der Waals surface area contributed by atoms with Gasteiger partial charge in [0, 0.05) is 0 Å². The maximum absolute atomic E-state index is 1.57. The van der Waals surface area contributed by atoms with E-state index in [-0.39, 0.29) is 0 Å². The molecule has 0 amide bonds. The van der Waals surface area contributed by atoms with Crippen molar-refractivity contribution >= 4 is 47.6 Å². The van der Waals surface area contributed by atoms with Crippen molar-refractivity contribution in [2.45, 2.75) is 0 Å². The standard InChI is InChI=1S/H8Si3.H6Si2/c1-3-2;1-2/h3H2,1-2H3;1-2H3. The third kappa shape index (κ3) is 41.1. The van der Waals surface area contributed by atoms with Gasteiger partial charge in [-0.1, -0.05) is 0 Å². The maximum atomic E-state index is 1.57. The Morgan fingerprint density at radius 3 is 1.00 bits per heavy atom. The van der Waals surface area contributed by atoms with E-state index in [2.05, 4.69) is 0 Å². The van der Waals surface area contributed by atoms with Crippen molar-refractivity contribution in [3.63, 3.8) is 0 Å². The van der Waals surface area contributed by atoms with Crippen molar-refractivity contribution in [2.75, 3.05) is 0 Å². The molecule has 0 aliphatic rings. The Hall–Kier alpha value is 1.08. The molecule has 0 N–H and O–H groups in total. The van der Waals surface area contributed by atoms with Crippen LogP contribution in [-0.2, 0) is 0 Å².